The molecule has 0 bridgehead atoms. The van der Waals surface area contributed by atoms with Crippen LogP contribution < -0.4 is 10.2 Å². The van der Waals surface area contributed by atoms with Crippen LogP contribution in [0.15, 0.2) is 12.3 Å². The molecule has 2 heterocycles. The van der Waals surface area contributed by atoms with Crippen molar-refractivity contribution in [2.24, 2.45) is 5.92 Å². The monoisotopic (exact) mass is 306 g/mol. The number of aryl methyl sites for hydroxylation is 1. The van der Waals surface area contributed by atoms with Crippen LogP contribution in [0.25, 0.3) is 0 Å². The van der Waals surface area contributed by atoms with Gasteiger partial charge in [0.15, 0.2) is 0 Å². The number of carbonyl (C=O) groups excluding carboxylic acids is 1. The lowest BCUT2D eigenvalue weighted by atomic mass is 9.95. The minimum atomic E-state index is -0.422. The summed E-state index contributed by atoms with van der Waals surface area (Å²) in [7, 11) is 0. The second-order valence-corrected chi connectivity index (χ2v) is 6.01. The number of nitrogens with one attached hydrogen (secondary N) is 1. The second-order valence-electron chi connectivity index (χ2n) is 6.01. The topological polar surface area (TPSA) is 88.4 Å². The molecular formula is C15H22N4O3. The number of anilines is 1. The fourth-order valence-corrected chi connectivity index (χ4v) is 2.67. The number of carbonyl (C=O) groups is 1. The first kappa shape index (κ1) is 16.2. The Morgan fingerprint density at radius 2 is 2.09 bits per heavy atom. The largest absolute Gasteiger partial charge is 0.357 e. The molecule has 0 radical (unpaired) electrons. The minimum Gasteiger partial charge on any atom is -0.357 e. The van der Waals surface area contributed by atoms with Crippen molar-refractivity contribution in [2.75, 3.05) is 18.0 Å². The van der Waals surface area contributed by atoms with Crippen molar-refractivity contribution in [1.82, 2.24) is 10.3 Å². The van der Waals surface area contributed by atoms with Crippen LogP contribution in [0.2, 0.25) is 0 Å². The third-order valence-electron chi connectivity index (χ3n) is 3.89. The number of aromatic nitrogens is 1. The summed E-state index contributed by atoms with van der Waals surface area (Å²) in [5, 5.41) is 13.8. The molecule has 1 N–H and O–H groups in total. The first-order valence-electron chi connectivity index (χ1n) is 7.55. The van der Waals surface area contributed by atoms with Gasteiger partial charge in [-0.2, -0.15) is 0 Å². The van der Waals surface area contributed by atoms with Crippen LogP contribution in [0.3, 0.4) is 0 Å². The Hall–Kier alpha value is -2.18. The van der Waals surface area contributed by atoms with E-state index in [0.29, 0.717) is 5.56 Å². The molecule has 22 heavy (non-hydrogen) atoms. The molecule has 0 unspecified atom stereocenters. The third kappa shape index (κ3) is 3.72. The summed E-state index contributed by atoms with van der Waals surface area (Å²) in [6, 6.07) is 1.90. The van der Waals surface area contributed by atoms with Crippen LogP contribution >= 0.6 is 0 Å². The minimum absolute atomic E-state index is 0.0370. The van der Waals surface area contributed by atoms with Crippen molar-refractivity contribution in [1.29, 1.82) is 0 Å². The lowest BCUT2D eigenvalue weighted by molar-refractivity contribution is -0.385. The highest BCUT2D eigenvalue weighted by Gasteiger charge is 2.26. The highest BCUT2D eigenvalue weighted by Crippen LogP contribution is 2.25. The van der Waals surface area contributed by atoms with Crippen molar-refractivity contribution < 1.29 is 9.72 Å². The van der Waals surface area contributed by atoms with Crippen molar-refractivity contribution in [3.63, 3.8) is 0 Å². The number of rotatable bonds is 4. The van der Waals surface area contributed by atoms with E-state index in [2.05, 4.69) is 15.2 Å². The van der Waals surface area contributed by atoms with E-state index >= 15 is 0 Å². The predicted octanol–water partition coefficient (Wildman–Crippen LogP) is 2.04. The fraction of sp³-hybridized carbons (Fsp3) is 0.600. The molecule has 1 saturated heterocycles. The summed E-state index contributed by atoms with van der Waals surface area (Å²) in [4.78, 5) is 28.7. The van der Waals surface area contributed by atoms with E-state index in [1.165, 1.54) is 6.20 Å². The van der Waals surface area contributed by atoms with Crippen molar-refractivity contribution >= 4 is 17.4 Å². The Morgan fingerprint density at radius 3 is 2.59 bits per heavy atom. The molecule has 0 spiro atoms. The van der Waals surface area contributed by atoms with Gasteiger partial charge in [0.1, 0.15) is 12.0 Å². The van der Waals surface area contributed by atoms with Gasteiger partial charge in [0.05, 0.1) is 4.92 Å². The summed E-state index contributed by atoms with van der Waals surface area (Å²) < 4.78 is 0. The molecule has 1 aliphatic rings. The van der Waals surface area contributed by atoms with Gasteiger partial charge in [-0.25, -0.2) is 4.98 Å². The average molecular weight is 306 g/mol. The molecule has 1 aromatic rings. The number of nitrogens with zero attached hydrogens (tertiary/aromatic N) is 3. The van der Waals surface area contributed by atoms with Gasteiger partial charge in [0, 0.05) is 30.6 Å². The van der Waals surface area contributed by atoms with Crippen LogP contribution in [0.1, 0.15) is 32.3 Å². The van der Waals surface area contributed by atoms with Gasteiger partial charge in [0.2, 0.25) is 5.91 Å². The summed E-state index contributed by atoms with van der Waals surface area (Å²) in [6.45, 7) is 7.10. The van der Waals surface area contributed by atoms with E-state index in [1.54, 1.807) is 13.0 Å². The quantitative estimate of drug-likeness (QED) is 0.679. The zero-order chi connectivity index (χ0) is 16.3. The Kier molecular flexibility index (Phi) is 4.95. The summed E-state index contributed by atoms with van der Waals surface area (Å²) in [5.41, 5.74) is 0.643. The van der Waals surface area contributed by atoms with Crippen molar-refractivity contribution in [3.05, 3.63) is 27.9 Å². The maximum atomic E-state index is 12.0. The van der Waals surface area contributed by atoms with Crippen LogP contribution in [0.4, 0.5) is 11.5 Å². The normalized spacial score (nSPS) is 15.9. The number of hydrogen-bond donors (Lipinski definition) is 1. The highest BCUT2D eigenvalue weighted by atomic mass is 16.6. The Balaban J connectivity index is 1.98. The zero-order valence-electron chi connectivity index (χ0n) is 13.2. The smallest absolute Gasteiger partial charge is 0.290 e. The molecule has 7 heteroatoms. The van der Waals surface area contributed by atoms with Crippen LogP contribution in [0.5, 0.6) is 0 Å². The number of pyridine rings is 1. The molecule has 0 saturated carbocycles. The number of amides is 1. The van der Waals surface area contributed by atoms with E-state index in [9.17, 15) is 14.9 Å². The molecule has 0 aromatic carbocycles. The number of hydrogen-bond acceptors (Lipinski definition) is 5. The van der Waals surface area contributed by atoms with Crippen molar-refractivity contribution in [2.45, 2.75) is 39.7 Å². The lowest BCUT2D eigenvalue weighted by Gasteiger charge is -2.32. The van der Waals surface area contributed by atoms with E-state index in [1.807, 2.05) is 13.8 Å². The Labute approximate surface area is 129 Å². The molecular weight excluding hydrogens is 284 g/mol. The van der Waals surface area contributed by atoms with Crippen molar-refractivity contribution in [3.8, 4) is 0 Å². The second kappa shape index (κ2) is 6.72. The van der Waals surface area contributed by atoms with Gasteiger partial charge < -0.3 is 10.2 Å². The number of nitro groups is 1. The summed E-state index contributed by atoms with van der Waals surface area (Å²) in [6.07, 6.45) is 2.86. The van der Waals surface area contributed by atoms with E-state index in [-0.39, 0.29) is 23.6 Å². The van der Waals surface area contributed by atoms with Crippen LogP contribution in [0, 0.1) is 23.0 Å². The first-order valence-corrected chi connectivity index (χ1v) is 7.55. The van der Waals surface area contributed by atoms with Gasteiger partial charge >= 0.3 is 0 Å². The zero-order valence-corrected chi connectivity index (χ0v) is 13.2. The molecule has 1 aliphatic heterocycles. The molecule has 1 amide bonds. The molecule has 2 rings (SSSR count). The molecule has 7 nitrogen and oxygen atoms in total. The van der Waals surface area contributed by atoms with Gasteiger partial charge in [-0.1, -0.05) is 0 Å². The van der Waals surface area contributed by atoms with Gasteiger partial charge in [-0.05, 0) is 39.7 Å². The standard InChI is InChI=1S/C15H22N4O3/c1-10(2)17-15(20)12-4-6-18(7-5-12)14-8-11(3)13(9-16-14)19(21)22/h8-10,12H,4-7H2,1-3H3,(H,17,20). The predicted molar refractivity (Wildman–Crippen MR) is 83.8 cm³/mol. The van der Waals surface area contributed by atoms with Gasteiger partial charge in [-0.3, -0.25) is 14.9 Å². The maximum absolute atomic E-state index is 12.0. The van der Waals surface area contributed by atoms with Crippen LogP contribution in [-0.2, 0) is 4.79 Å². The van der Waals surface area contributed by atoms with Gasteiger partial charge in [-0.15, -0.1) is 0 Å². The molecule has 120 valence electrons. The average Bonchev–Trinajstić information content (AvgIpc) is 2.46. The summed E-state index contributed by atoms with van der Waals surface area (Å²) in [5.74, 6) is 0.895. The molecule has 0 atom stereocenters. The fourth-order valence-electron chi connectivity index (χ4n) is 2.67. The van der Waals surface area contributed by atoms with Gasteiger partial charge in [0.25, 0.3) is 5.69 Å². The SMILES string of the molecule is Cc1cc(N2CCC(C(=O)NC(C)C)CC2)ncc1[N+](=O)[O-]. The lowest BCUT2D eigenvalue weighted by Crippen LogP contribution is -2.42. The molecule has 0 aliphatic carbocycles. The summed E-state index contributed by atoms with van der Waals surface area (Å²) >= 11 is 0. The first-order chi connectivity index (χ1) is 10.4. The Bertz CT molecular complexity index is 566. The maximum Gasteiger partial charge on any atom is 0.290 e. The highest BCUT2D eigenvalue weighted by molar-refractivity contribution is 5.79. The third-order valence-corrected chi connectivity index (χ3v) is 3.89. The molecule has 1 aromatic heterocycles. The van der Waals surface area contributed by atoms with E-state index in [4.69, 9.17) is 0 Å². The van der Waals surface area contributed by atoms with E-state index in [0.717, 1.165) is 31.7 Å². The number of piperidine rings is 1. The van der Waals surface area contributed by atoms with Crippen LogP contribution in [-0.4, -0.2) is 34.9 Å². The Morgan fingerprint density at radius 1 is 1.45 bits per heavy atom. The van der Waals surface area contributed by atoms with E-state index < -0.39 is 4.92 Å². The molecule has 1 fully saturated rings.